The maximum absolute atomic E-state index is 14.4. The van der Waals surface area contributed by atoms with E-state index in [1.54, 1.807) is 47.4 Å². The summed E-state index contributed by atoms with van der Waals surface area (Å²) in [7, 11) is 2.06. The molecule has 2 heterocycles. The van der Waals surface area contributed by atoms with Crippen LogP contribution in [0.25, 0.3) is 0 Å². The van der Waals surface area contributed by atoms with Gasteiger partial charge in [0.05, 0.1) is 30.4 Å². The largest absolute Gasteiger partial charge is 0.490 e. The minimum absolute atomic E-state index is 0.0562. The van der Waals surface area contributed by atoms with Crippen LogP contribution < -0.4 is 19.5 Å². The van der Waals surface area contributed by atoms with Gasteiger partial charge < -0.3 is 34.3 Å². The number of carbonyl (C=O) groups is 2. The van der Waals surface area contributed by atoms with Crippen molar-refractivity contribution in [3.05, 3.63) is 83.4 Å². The molecule has 2 aliphatic heterocycles. The number of likely N-dealkylation sites (N-methyl/N-ethyl adjacent to an activating group) is 1. The molecular formula is C37H47N3O7. The first-order chi connectivity index (χ1) is 22.7. The zero-order chi connectivity index (χ0) is 33.3. The lowest BCUT2D eigenvalue weighted by Crippen LogP contribution is -2.47. The summed E-state index contributed by atoms with van der Waals surface area (Å²) in [6.07, 6.45) is 2.29. The molecule has 0 saturated carbocycles. The molecule has 10 heteroatoms. The number of hydrogen-bond acceptors (Lipinski definition) is 8. The Kier molecular flexibility index (Phi) is 11.7. The molecular weight excluding hydrogens is 598 g/mol. The number of aliphatic hydroxyl groups excluding tert-OH is 1. The van der Waals surface area contributed by atoms with Crippen molar-refractivity contribution in [2.75, 3.05) is 45.5 Å². The molecule has 2 aliphatic rings. The number of nitrogens with one attached hydrogen (secondary N) is 1. The number of nitrogens with zero attached hydrogens (tertiary/aromatic N) is 2. The fourth-order valence-corrected chi connectivity index (χ4v) is 5.98. The molecule has 0 aliphatic carbocycles. The Labute approximate surface area is 277 Å². The van der Waals surface area contributed by atoms with Gasteiger partial charge in [0.15, 0.2) is 11.5 Å². The highest BCUT2D eigenvalue weighted by Gasteiger charge is 2.30. The SMILES string of the molecule is C[C@H]1CCCCO[C@H](CN(C)Cc2ccc3c(c2)OCO3)[C@@H](C)CN([C@@H](C)CO)C(=O)c2cc(NC(=O)c3ccccc3)ccc2O1. The monoisotopic (exact) mass is 645 g/mol. The normalized spacial score (nSPS) is 21.0. The summed E-state index contributed by atoms with van der Waals surface area (Å²) in [4.78, 5) is 31.2. The molecule has 0 radical (unpaired) electrons. The molecule has 252 valence electrons. The van der Waals surface area contributed by atoms with Crippen LogP contribution in [0.2, 0.25) is 0 Å². The van der Waals surface area contributed by atoms with Gasteiger partial charge in [-0.2, -0.15) is 0 Å². The first-order valence-corrected chi connectivity index (χ1v) is 16.5. The van der Waals surface area contributed by atoms with Crippen LogP contribution in [0, 0.1) is 5.92 Å². The van der Waals surface area contributed by atoms with Crippen molar-refractivity contribution < 1.29 is 33.6 Å². The first-order valence-electron chi connectivity index (χ1n) is 16.5. The first kappa shape index (κ1) is 34.2. The van der Waals surface area contributed by atoms with Gasteiger partial charge >= 0.3 is 0 Å². The highest BCUT2D eigenvalue weighted by atomic mass is 16.7. The van der Waals surface area contributed by atoms with Gasteiger partial charge in [0, 0.05) is 43.4 Å². The zero-order valence-corrected chi connectivity index (χ0v) is 27.8. The maximum Gasteiger partial charge on any atom is 0.258 e. The van der Waals surface area contributed by atoms with Crippen LogP contribution in [0.15, 0.2) is 66.7 Å². The number of rotatable bonds is 8. The number of anilines is 1. The van der Waals surface area contributed by atoms with E-state index in [1.807, 2.05) is 38.1 Å². The van der Waals surface area contributed by atoms with Gasteiger partial charge in [-0.05, 0) is 88.2 Å². The molecule has 0 fully saturated rings. The molecule has 0 aromatic heterocycles. The molecule has 2 N–H and O–H groups in total. The third-order valence-corrected chi connectivity index (χ3v) is 8.73. The van der Waals surface area contributed by atoms with Crippen molar-refractivity contribution >= 4 is 17.5 Å². The number of ether oxygens (including phenoxy) is 4. The molecule has 4 atom stereocenters. The van der Waals surface area contributed by atoms with Crippen molar-refractivity contribution in [1.29, 1.82) is 0 Å². The maximum atomic E-state index is 14.4. The smallest absolute Gasteiger partial charge is 0.258 e. The quantitative estimate of drug-likeness (QED) is 0.326. The van der Waals surface area contributed by atoms with E-state index in [2.05, 4.69) is 24.2 Å². The van der Waals surface area contributed by atoms with Crippen molar-refractivity contribution in [2.24, 2.45) is 5.92 Å². The standard InChI is InChI=1S/C37H47N3O7/c1-25-20-40(26(2)23-41)37(43)31-19-30(38-36(42)29-11-6-5-7-12-29)14-16-32(31)47-27(3)10-8-9-17-44-35(25)22-39(4)21-28-13-15-33-34(18-28)46-24-45-33/h5-7,11-16,18-19,25-27,35,41H,8-10,17,20-24H2,1-4H3,(H,38,42)/t25-,26-,27-,35+/m0/s1. The van der Waals surface area contributed by atoms with E-state index in [1.165, 1.54) is 0 Å². The van der Waals surface area contributed by atoms with Gasteiger partial charge in [0.1, 0.15) is 5.75 Å². The molecule has 0 unspecified atom stereocenters. The second-order valence-corrected chi connectivity index (χ2v) is 12.7. The predicted molar refractivity (Wildman–Crippen MR) is 180 cm³/mol. The van der Waals surface area contributed by atoms with Crippen molar-refractivity contribution in [1.82, 2.24) is 9.80 Å². The lowest BCUT2D eigenvalue weighted by atomic mass is 10.0. The zero-order valence-electron chi connectivity index (χ0n) is 27.8. The predicted octanol–water partition coefficient (Wildman–Crippen LogP) is 5.60. The fourth-order valence-electron chi connectivity index (χ4n) is 5.98. The van der Waals surface area contributed by atoms with Crippen molar-refractivity contribution in [2.45, 2.75) is 64.8 Å². The molecule has 5 rings (SSSR count). The van der Waals surface area contributed by atoms with E-state index in [4.69, 9.17) is 18.9 Å². The molecule has 0 bridgehead atoms. The molecule has 3 aromatic carbocycles. The average molecular weight is 646 g/mol. The summed E-state index contributed by atoms with van der Waals surface area (Å²) in [6, 6.07) is 19.6. The highest BCUT2D eigenvalue weighted by molar-refractivity contribution is 6.05. The van der Waals surface area contributed by atoms with E-state index < -0.39 is 6.04 Å². The summed E-state index contributed by atoms with van der Waals surface area (Å²) in [5, 5.41) is 13.2. The Morgan fingerprint density at radius 3 is 2.57 bits per heavy atom. The van der Waals surface area contributed by atoms with E-state index in [0.717, 1.165) is 36.3 Å². The Balaban J connectivity index is 1.38. The Bertz CT molecular complexity index is 1500. The summed E-state index contributed by atoms with van der Waals surface area (Å²) in [5.41, 5.74) is 2.45. The highest BCUT2D eigenvalue weighted by Crippen LogP contribution is 2.33. The number of amides is 2. The molecule has 2 amide bonds. The van der Waals surface area contributed by atoms with Crippen LogP contribution in [-0.2, 0) is 11.3 Å². The van der Waals surface area contributed by atoms with Crippen LogP contribution in [0.4, 0.5) is 5.69 Å². The van der Waals surface area contributed by atoms with Crippen LogP contribution in [0.3, 0.4) is 0 Å². The lowest BCUT2D eigenvalue weighted by Gasteiger charge is -2.36. The van der Waals surface area contributed by atoms with Crippen molar-refractivity contribution in [3.63, 3.8) is 0 Å². The Hall–Kier alpha value is -4.12. The van der Waals surface area contributed by atoms with Gasteiger partial charge in [-0.1, -0.05) is 31.2 Å². The third-order valence-electron chi connectivity index (χ3n) is 8.73. The number of benzene rings is 3. The van der Waals surface area contributed by atoms with E-state index in [0.29, 0.717) is 48.8 Å². The Morgan fingerprint density at radius 2 is 1.79 bits per heavy atom. The number of hydrogen-bond donors (Lipinski definition) is 2. The van der Waals surface area contributed by atoms with Crippen molar-refractivity contribution in [3.8, 4) is 17.2 Å². The van der Waals surface area contributed by atoms with E-state index >= 15 is 0 Å². The molecule has 3 aromatic rings. The molecule has 0 spiro atoms. The molecule has 10 nitrogen and oxygen atoms in total. The van der Waals surface area contributed by atoms with E-state index in [-0.39, 0.29) is 43.3 Å². The number of carbonyl (C=O) groups excluding carboxylic acids is 2. The fraction of sp³-hybridized carbons (Fsp3) is 0.459. The molecule has 47 heavy (non-hydrogen) atoms. The van der Waals surface area contributed by atoms with Gasteiger partial charge in [-0.15, -0.1) is 0 Å². The van der Waals surface area contributed by atoms with Gasteiger partial charge in [0.25, 0.3) is 11.8 Å². The average Bonchev–Trinajstić information content (AvgIpc) is 3.54. The third kappa shape index (κ3) is 9.03. The van der Waals surface area contributed by atoms with Crippen LogP contribution in [0.1, 0.15) is 66.3 Å². The second kappa shape index (κ2) is 16.1. The summed E-state index contributed by atoms with van der Waals surface area (Å²) >= 11 is 0. The van der Waals surface area contributed by atoms with Crippen LogP contribution in [0.5, 0.6) is 17.2 Å². The van der Waals surface area contributed by atoms with Gasteiger partial charge in [-0.3, -0.25) is 14.5 Å². The summed E-state index contributed by atoms with van der Waals surface area (Å²) in [6.45, 7) is 8.26. The minimum atomic E-state index is -0.460. The van der Waals surface area contributed by atoms with E-state index in [9.17, 15) is 14.7 Å². The topological polar surface area (TPSA) is 110 Å². The van der Waals surface area contributed by atoms with Gasteiger partial charge in [0.2, 0.25) is 6.79 Å². The lowest BCUT2D eigenvalue weighted by molar-refractivity contribution is -0.0177. The molecule has 0 saturated heterocycles. The summed E-state index contributed by atoms with van der Waals surface area (Å²) < 4.78 is 23.9. The number of fused-ring (bicyclic) bond motifs is 2. The minimum Gasteiger partial charge on any atom is -0.490 e. The second-order valence-electron chi connectivity index (χ2n) is 12.7. The van der Waals surface area contributed by atoms with Crippen LogP contribution in [-0.4, -0.2) is 85.1 Å². The summed E-state index contributed by atoms with van der Waals surface area (Å²) in [5.74, 6) is 1.37. The number of aliphatic hydroxyl groups is 1. The van der Waals surface area contributed by atoms with Crippen LogP contribution >= 0.6 is 0 Å². The van der Waals surface area contributed by atoms with Gasteiger partial charge in [-0.25, -0.2) is 0 Å². The Morgan fingerprint density at radius 1 is 1.02 bits per heavy atom.